The number of hydrogen-bond acceptors (Lipinski definition) is 2. The first-order valence-electron chi connectivity index (χ1n) is 4.14. The van der Waals surface area contributed by atoms with Crippen LogP contribution in [0.1, 0.15) is 23.6 Å². The first kappa shape index (κ1) is 11.0. The molecule has 0 amide bonds. The molecule has 2 N–H and O–H groups in total. The van der Waals surface area contributed by atoms with Crippen LogP contribution in [0.4, 0.5) is 4.39 Å². The van der Waals surface area contributed by atoms with Crippen LogP contribution in [0.2, 0.25) is 5.02 Å². The third-order valence-corrected chi connectivity index (χ3v) is 2.32. The maximum atomic E-state index is 13.2. The third kappa shape index (κ3) is 2.22. The Kier molecular flexibility index (Phi) is 3.45. The molecule has 74 valence electrons. The van der Waals surface area contributed by atoms with E-state index in [4.69, 9.17) is 22.6 Å². The van der Waals surface area contributed by atoms with E-state index in [2.05, 4.69) is 0 Å². The fourth-order valence-corrected chi connectivity index (χ4v) is 1.51. The number of nitrogens with zero attached hydrogens (tertiary/aromatic N) is 1. The first-order chi connectivity index (χ1) is 6.56. The maximum Gasteiger partial charge on any atom is 0.126 e. The molecular weight excluding hydrogens is 203 g/mol. The molecule has 0 bridgehead atoms. The van der Waals surface area contributed by atoms with Crippen molar-refractivity contribution in [2.75, 3.05) is 0 Å². The summed E-state index contributed by atoms with van der Waals surface area (Å²) in [5.74, 6) is -0.349. The number of halogens is 2. The lowest BCUT2D eigenvalue weighted by molar-refractivity contribution is 0.611. The summed E-state index contributed by atoms with van der Waals surface area (Å²) >= 11 is 5.88. The van der Waals surface area contributed by atoms with Crippen LogP contribution < -0.4 is 5.73 Å². The molecule has 14 heavy (non-hydrogen) atoms. The molecule has 1 aromatic carbocycles. The average molecular weight is 213 g/mol. The van der Waals surface area contributed by atoms with Crippen molar-refractivity contribution >= 4 is 11.6 Å². The molecule has 1 aromatic rings. The smallest absolute Gasteiger partial charge is 0.126 e. The molecule has 1 rings (SSSR count). The summed E-state index contributed by atoms with van der Waals surface area (Å²) in [6, 6.07) is 4.20. The molecule has 4 heteroatoms. The minimum atomic E-state index is -0.525. The van der Waals surface area contributed by atoms with Crippen LogP contribution in [0.5, 0.6) is 0 Å². The van der Waals surface area contributed by atoms with Crippen LogP contribution in [0, 0.1) is 24.1 Å². The zero-order chi connectivity index (χ0) is 10.7. The topological polar surface area (TPSA) is 49.8 Å². The second kappa shape index (κ2) is 4.41. The molecule has 0 saturated heterocycles. The lowest BCUT2D eigenvalue weighted by Crippen LogP contribution is -2.10. The first-order valence-corrected chi connectivity index (χ1v) is 4.52. The lowest BCUT2D eigenvalue weighted by Gasteiger charge is -2.11. The van der Waals surface area contributed by atoms with E-state index in [-0.39, 0.29) is 12.2 Å². The van der Waals surface area contributed by atoms with Gasteiger partial charge in [0.1, 0.15) is 5.82 Å². The van der Waals surface area contributed by atoms with Crippen LogP contribution in [0.3, 0.4) is 0 Å². The summed E-state index contributed by atoms with van der Waals surface area (Å²) in [5.41, 5.74) is 6.61. The van der Waals surface area contributed by atoms with Gasteiger partial charge in [-0.25, -0.2) is 4.39 Å². The highest BCUT2D eigenvalue weighted by atomic mass is 35.5. The number of aryl methyl sites for hydroxylation is 1. The molecule has 0 aliphatic heterocycles. The Bertz CT molecular complexity index is 384. The summed E-state index contributed by atoms with van der Waals surface area (Å²) in [7, 11) is 0. The molecule has 0 fully saturated rings. The lowest BCUT2D eigenvalue weighted by atomic mass is 10.0. The molecule has 0 radical (unpaired) electrons. The minimum Gasteiger partial charge on any atom is -0.323 e. The predicted octanol–water partition coefficient (Wildman–Crippen LogP) is 2.70. The quantitative estimate of drug-likeness (QED) is 0.820. The number of rotatable bonds is 2. The number of benzene rings is 1. The van der Waals surface area contributed by atoms with E-state index in [1.165, 1.54) is 12.1 Å². The third-order valence-electron chi connectivity index (χ3n) is 1.99. The Morgan fingerprint density at radius 1 is 1.64 bits per heavy atom. The normalized spacial score (nSPS) is 12.2. The fraction of sp³-hybridized carbons (Fsp3) is 0.300. The highest BCUT2D eigenvalue weighted by Crippen LogP contribution is 2.26. The summed E-state index contributed by atoms with van der Waals surface area (Å²) < 4.78 is 13.2. The molecular formula is C10H10ClFN2. The largest absolute Gasteiger partial charge is 0.323 e. The van der Waals surface area contributed by atoms with E-state index in [9.17, 15) is 4.39 Å². The standard InChI is InChI=1S/C10H10ClFN2/c1-6-4-8(11)7(5-9(6)12)10(14)2-3-13/h4-5,10H,2,14H2,1H3. The van der Waals surface area contributed by atoms with Gasteiger partial charge < -0.3 is 5.73 Å². The van der Waals surface area contributed by atoms with Gasteiger partial charge in [0, 0.05) is 11.1 Å². The van der Waals surface area contributed by atoms with Gasteiger partial charge in [-0.1, -0.05) is 11.6 Å². The van der Waals surface area contributed by atoms with E-state index in [0.29, 0.717) is 16.1 Å². The van der Waals surface area contributed by atoms with Gasteiger partial charge in [0.25, 0.3) is 0 Å². The Labute approximate surface area is 87.1 Å². The van der Waals surface area contributed by atoms with E-state index >= 15 is 0 Å². The van der Waals surface area contributed by atoms with Crippen LogP contribution >= 0.6 is 11.6 Å². The molecule has 0 spiro atoms. The summed E-state index contributed by atoms with van der Waals surface area (Å²) in [6.45, 7) is 1.63. The van der Waals surface area contributed by atoms with Crippen molar-refractivity contribution < 1.29 is 4.39 Å². The summed E-state index contributed by atoms with van der Waals surface area (Å²) in [6.07, 6.45) is 0.127. The van der Waals surface area contributed by atoms with Crippen molar-refractivity contribution in [2.24, 2.45) is 5.73 Å². The second-order valence-corrected chi connectivity index (χ2v) is 3.50. The van der Waals surface area contributed by atoms with Crippen molar-refractivity contribution in [2.45, 2.75) is 19.4 Å². The summed E-state index contributed by atoms with van der Waals surface area (Å²) in [5, 5.41) is 8.85. The number of nitriles is 1. The van der Waals surface area contributed by atoms with Gasteiger partial charge in [-0.3, -0.25) is 0 Å². The van der Waals surface area contributed by atoms with E-state index in [0.717, 1.165) is 0 Å². The van der Waals surface area contributed by atoms with Crippen LogP contribution in [0.25, 0.3) is 0 Å². The van der Waals surface area contributed by atoms with Crippen molar-refractivity contribution in [1.82, 2.24) is 0 Å². The number of hydrogen-bond donors (Lipinski definition) is 1. The van der Waals surface area contributed by atoms with E-state index < -0.39 is 6.04 Å². The fourth-order valence-electron chi connectivity index (χ4n) is 1.15. The SMILES string of the molecule is Cc1cc(Cl)c(C(N)CC#N)cc1F. The molecule has 0 heterocycles. The molecule has 1 atom stereocenters. The Morgan fingerprint density at radius 2 is 2.29 bits per heavy atom. The van der Waals surface area contributed by atoms with E-state index in [1.54, 1.807) is 6.92 Å². The van der Waals surface area contributed by atoms with Crippen molar-refractivity contribution in [3.05, 3.63) is 34.1 Å². The van der Waals surface area contributed by atoms with Gasteiger partial charge in [-0.2, -0.15) is 5.26 Å². The van der Waals surface area contributed by atoms with Gasteiger partial charge in [0.15, 0.2) is 0 Å². The van der Waals surface area contributed by atoms with E-state index in [1.807, 2.05) is 6.07 Å². The van der Waals surface area contributed by atoms with Gasteiger partial charge >= 0.3 is 0 Å². The predicted molar refractivity (Wildman–Crippen MR) is 53.3 cm³/mol. The van der Waals surface area contributed by atoms with Crippen LogP contribution in [-0.4, -0.2) is 0 Å². The highest BCUT2D eigenvalue weighted by molar-refractivity contribution is 6.31. The van der Waals surface area contributed by atoms with Crippen LogP contribution in [0.15, 0.2) is 12.1 Å². The number of nitrogens with two attached hydrogens (primary N) is 1. The summed E-state index contributed by atoms with van der Waals surface area (Å²) in [4.78, 5) is 0. The highest BCUT2D eigenvalue weighted by Gasteiger charge is 2.12. The van der Waals surface area contributed by atoms with Gasteiger partial charge in [0.05, 0.1) is 12.5 Å². The van der Waals surface area contributed by atoms with Gasteiger partial charge in [0.2, 0.25) is 0 Å². The van der Waals surface area contributed by atoms with Crippen molar-refractivity contribution in [3.8, 4) is 6.07 Å². The molecule has 0 aliphatic rings. The minimum absolute atomic E-state index is 0.127. The Morgan fingerprint density at radius 3 is 2.86 bits per heavy atom. The van der Waals surface area contributed by atoms with Gasteiger partial charge in [-0.05, 0) is 30.2 Å². The van der Waals surface area contributed by atoms with Gasteiger partial charge in [-0.15, -0.1) is 0 Å². The Balaban J connectivity index is 3.10. The maximum absolute atomic E-state index is 13.2. The molecule has 0 aliphatic carbocycles. The molecule has 0 saturated carbocycles. The zero-order valence-electron chi connectivity index (χ0n) is 7.72. The Hall–Kier alpha value is -1.11. The zero-order valence-corrected chi connectivity index (χ0v) is 8.48. The second-order valence-electron chi connectivity index (χ2n) is 3.09. The average Bonchev–Trinajstić information content (AvgIpc) is 2.11. The van der Waals surface area contributed by atoms with Crippen molar-refractivity contribution in [1.29, 1.82) is 5.26 Å². The van der Waals surface area contributed by atoms with Crippen molar-refractivity contribution in [3.63, 3.8) is 0 Å². The molecule has 1 unspecified atom stereocenters. The molecule has 2 nitrogen and oxygen atoms in total. The van der Waals surface area contributed by atoms with Crippen LogP contribution in [-0.2, 0) is 0 Å². The molecule has 0 aromatic heterocycles. The monoisotopic (exact) mass is 212 g/mol.